The number of para-hydroxylation sites is 1. The minimum Gasteiger partial charge on any atom is -0.496 e. The van der Waals surface area contributed by atoms with Crippen molar-refractivity contribution >= 4 is 48.7 Å². The number of halogens is 2. The molecule has 0 saturated heterocycles. The van der Waals surface area contributed by atoms with Crippen LogP contribution in [0.25, 0.3) is 10.9 Å². The van der Waals surface area contributed by atoms with Gasteiger partial charge in [0, 0.05) is 34.1 Å². The largest absolute Gasteiger partial charge is 0.496 e. The second kappa shape index (κ2) is 12.1. The molecule has 4 aromatic carbocycles. The Morgan fingerprint density at radius 1 is 0.902 bits per heavy atom. The molecule has 210 valence electrons. The van der Waals surface area contributed by atoms with Gasteiger partial charge in [-0.25, -0.2) is 0 Å². The molecule has 0 bridgehead atoms. The predicted molar refractivity (Wildman–Crippen MR) is 171 cm³/mol. The van der Waals surface area contributed by atoms with Gasteiger partial charge in [-0.1, -0.05) is 61.9 Å². The van der Waals surface area contributed by atoms with Gasteiger partial charge in [0.2, 0.25) is 0 Å². The SMILES string of the molecule is COc1cc(C(c2cccc(C)c2)c2c[nH]c3ccccc23)c(Oc2c(Br)cc(CC(=O)O)cc2Br)cc1C(C)C. The topological polar surface area (TPSA) is 71.5 Å². The molecular weight excluding hydrogens is 646 g/mol. The molecule has 1 atom stereocenters. The Bertz CT molecular complexity index is 1720. The van der Waals surface area contributed by atoms with E-state index in [9.17, 15) is 9.90 Å². The van der Waals surface area contributed by atoms with Crippen LogP contribution in [0.4, 0.5) is 0 Å². The molecule has 0 saturated carbocycles. The third-order valence-electron chi connectivity index (χ3n) is 7.23. The fourth-order valence-corrected chi connectivity index (χ4v) is 6.78. The van der Waals surface area contributed by atoms with Crippen LogP contribution in [-0.2, 0) is 11.2 Å². The standard InChI is InChI=1S/C34H31Br2NO4/c1-19(2)24-16-31(41-34-27(35)13-21(14-28(34)36)15-32(38)39)25(17-30(24)40-4)33(22-9-7-8-20(3)12-22)26-18-37-29-11-6-5-10-23(26)29/h5-14,16-19,33,37H,15H2,1-4H3,(H,38,39). The lowest BCUT2D eigenvalue weighted by Crippen LogP contribution is -2.08. The van der Waals surface area contributed by atoms with Crippen molar-refractivity contribution in [2.24, 2.45) is 0 Å². The van der Waals surface area contributed by atoms with Gasteiger partial charge in [0.15, 0.2) is 5.75 Å². The number of H-pyrrole nitrogens is 1. The van der Waals surface area contributed by atoms with E-state index >= 15 is 0 Å². The van der Waals surface area contributed by atoms with E-state index in [2.05, 4.69) is 118 Å². The quantitative estimate of drug-likeness (QED) is 0.163. The summed E-state index contributed by atoms with van der Waals surface area (Å²) in [5, 5.41) is 10.4. The van der Waals surface area contributed by atoms with Crippen molar-refractivity contribution in [2.45, 2.75) is 39.0 Å². The molecular formula is C34H31Br2NO4. The van der Waals surface area contributed by atoms with E-state index in [4.69, 9.17) is 9.47 Å². The molecule has 2 N–H and O–H groups in total. The normalized spacial score (nSPS) is 12.1. The number of carbonyl (C=O) groups is 1. The number of hydrogen-bond acceptors (Lipinski definition) is 3. The van der Waals surface area contributed by atoms with Gasteiger partial charge in [-0.05, 0) is 91.7 Å². The van der Waals surface area contributed by atoms with Crippen LogP contribution in [0.3, 0.4) is 0 Å². The van der Waals surface area contributed by atoms with E-state index in [0.717, 1.165) is 38.9 Å². The van der Waals surface area contributed by atoms with Crippen molar-refractivity contribution in [3.8, 4) is 17.2 Å². The van der Waals surface area contributed by atoms with Gasteiger partial charge in [-0.3, -0.25) is 4.79 Å². The maximum atomic E-state index is 11.3. The van der Waals surface area contributed by atoms with Crippen molar-refractivity contribution < 1.29 is 19.4 Å². The molecule has 0 radical (unpaired) electrons. The van der Waals surface area contributed by atoms with E-state index in [-0.39, 0.29) is 18.3 Å². The fourth-order valence-electron chi connectivity index (χ4n) is 5.34. The zero-order chi connectivity index (χ0) is 29.3. The molecule has 1 aromatic heterocycles. The summed E-state index contributed by atoms with van der Waals surface area (Å²) >= 11 is 7.26. The molecule has 0 spiro atoms. The Hall–Kier alpha value is -3.55. The fraction of sp³-hybridized carbons (Fsp3) is 0.206. The highest BCUT2D eigenvalue weighted by Gasteiger charge is 2.27. The number of hydrogen-bond donors (Lipinski definition) is 2. The predicted octanol–water partition coefficient (Wildman–Crippen LogP) is 9.73. The lowest BCUT2D eigenvalue weighted by atomic mass is 9.82. The van der Waals surface area contributed by atoms with E-state index in [1.54, 1.807) is 19.2 Å². The maximum Gasteiger partial charge on any atom is 0.307 e. The number of aliphatic carboxylic acids is 1. The first-order valence-electron chi connectivity index (χ1n) is 13.4. The number of carboxylic acid groups (broad SMARTS) is 1. The number of rotatable bonds is 9. The Morgan fingerprint density at radius 2 is 1.61 bits per heavy atom. The minimum atomic E-state index is -0.892. The average Bonchev–Trinajstić information content (AvgIpc) is 3.34. The van der Waals surface area contributed by atoms with E-state index in [1.807, 2.05) is 6.07 Å². The third kappa shape index (κ3) is 6.07. The summed E-state index contributed by atoms with van der Waals surface area (Å²) in [4.78, 5) is 14.8. The average molecular weight is 677 g/mol. The Kier molecular flexibility index (Phi) is 8.57. The van der Waals surface area contributed by atoms with Gasteiger partial charge in [-0.2, -0.15) is 0 Å². The first-order chi connectivity index (χ1) is 19.7. The Morgan fingerprint density at radius 3 is 2.27 bits per heavy atom. The molecule has 1 heterocycles. The van der Waals surface area contributed by atoms with Crippen molar-refractivity contribution in [3.05, 3.63) is 121 Å². The summed E-state index contributed by atoms with van der Waals surface area (Å²) < 4.78 is 14.0. The van der Waals surface area contributed by atoms with Crippen molar-refractivity contribution in [2.75, 3.05) is 7.11 Å². The highest BCUT2D eigenvalue weighted by molar-refractivity contribution is 9.11. The number of fused-ring (bicyclic) bond motifs is 1. The van der Waals surface area contributed by atoms with Crippen LogP contribution in [0.2, 0.25) is 0 Å². The Balaban J connectivity index is 1.76. The molecule has 0 amide bonds. The van der Waals surface area contributed by atoms with Crippen molar-refractivity contribution in [3.63, 3.8) is 0 Å². The van der Waals surface area contributed by atoms with Crippen LogP contribution in [0.1, 0.15) is 59.1 Å². The summed E-state index contributed by atoms with van der Waals surface area (Å²) in [5.74, 6) is 1.20. The zero-order valence-corrected chi connectivity index (χ0v) is 26.5. The smallest absolute Gasteiger partial charge is 0.307 e. The van der Waals surface area contributed by atoms with Crippen LogP contribution >= 0.6 is 31.9 Å². The summed E-state index contributed by atoms with van der Waals surface area (Å²) in [6.45, 7) is 6.36. The maximum absolute atomic E-state index is 11.3. The lowest BCUT2D eigenvalue weighted by Gasteiger charge is -2.25. The van der Waals surface area contributed by atoms with Gasteiger partial charge >= 0.3 is 5.97 Å². The van der Waals surface area contributed by atoms with Gasteiger partial charge in [0.05, 0.1) is 22.5 Å². The molecule has 0 aliphatic heterocycles. The number of ether oxygens (including phenoxy) is 2. The summed E-state index contributed by atoms with van der Waals surface area (Å²) in [6.07, 6.45) is 2.00. The van der Waals surface area contributed by atoms with Crippen LogP contribution in [0.5, 0.6) is 17.2 Å². The minimum absolute atomic E-state index is 0.0846. The third-order valence-corrected chi connectivity index (χ3v) is 8.41. The number of aryl methyl sites for hydroxylation is 1. The van der Waals surface area contributed by atoms with Gasteiger partial charge in [0.1, 0.15) is 11.5 Å². The number of aromatic amines is 1. The number of nitrogens with one attached hydrogen (secondary N) is 1. The molecule has 5 nitrogen and oxygen atoms in total. The zero-order valence-electron chi connectivity index (χ0n) is 23.3. The van der Waals surface area contributed by atoms with E-state index in [0.29, 0.717) is 26.0 Å². The van der Waals surface area contributed by atoms with Crippen LogP contribution < -0.4 is 9.47 Å². The lowest BCUT2D eigenvalue weighted by molar-refractivity contribution is -0.136. The van der Waals surface area contributed by atoms with Crippen molar-refractivity contribution in [1.29, 1.82) is 0 Å². The number of benzene rings is 4. The number of aromatic nitrogens is 1. The number of methoxy groups -OCH3 is 1. The molecule has 1 unspecified atom stereocenters. The molecule has 0 aliphatic carbocycles. The highest BCUT2D eigenvalue weighted by atomic mass is 79.9. The molecule has 41 heavy (non-hydrogen) atoms. The van der Waals surface area contributed by atoms with Gasteiger partial charge in [-0.15, -0.1) is 0 Å². The van der Waals surface area contributed by atoms with Gasteiger partial charge < -0.3 is 19.6 Å². The summed E-state index contributed by atoms with van der Waals surface area (Å²) in [6, 6.07) is 24.6. The van der Waals surface area contributed by atoms with Gasteiger partial charge in [0.25, 0.3) is 0 Å². The number of carboxylic acids is 1. The first kappa shape index (κ1) is 29.0. The monoisotopic (exact) mass is 675 g/mol. The molecule has 5 aromatic rings. The van der Waals surface area contributed by atoms with Crippen LogP contribution in [0, 0.1) is 6.92 Å². The van der Waals surface area contributed by atoms with Crippen molar-refractivity contribution in [1.82, 2.24) is 4.98 Å². The molecule has 7 heteroatoms. The second-order valence-electron chi connectivity index (χ2n) is 10.5. The van der Waals surface area contributed by atoms with Crippen LogP contribution in [-0.4, -0.2) is 23.2 Å². The molecule has 0 aliphatic rings. The van der Waals surface area contributed by atoms with E-state index < -0.39 is 5.97 Å². The van der Waals surface area contributed by atoms with E-state index in [1.165, 1.54) is 5.56 Å². The summed E-state index contributed by atoms with van der Waals surface area (Å²) in [5.41, 5.74) is 7.14. The first-order valence-corrected chi connectivity index (χ1v) is 15.0. The second-order valence-corrected chi connectivity index (χ2v) is 12.2. The summed E-state index contributed by atoms with van der Waals surface area (Å²) in [7, 11) is 1.70. The molecule has 0 fully saturated rings. The highest BCUT2D eigenvalue weighted by Crippen LogP contribution is 2.47. The Labute approximate surface area is 256 Å². The van der Waals surface area contributed by atoms with Crippen LogP contribution in [0.15, 0.2) is 87.9 Å². The molecule has 5 rings (SSSR count).